The monoisotopic (exact) mass is 596 g/mol. The lowest BCUT2D eigenvalue weighted by Gasteiger charge is -2.35. The highest BCUT2D eigenvalue weighted by Gasteiger charge is 2.40. The van der Waals surface area contributed by atoms with E-state index in [1.165, 1.54) is 24.3 Å². The van der Waals surface area contributed by atoms with Crippen LogP contribution in [0.25, 0.3) is 22.6 Å². The van der Waals surface area contributed by atoms with Gasteiger partial charge in [-0.1, -0.05) is 42.5 Å². The Morgan fingerprint density at radius 1 is 0.886 bits per heavy atom. The predicted molar refractivity (Wildman–Crippen MR) is 160 cm³/mol. The van der Waals surface area contributed by atoms with Crippen LogP contribution in [0.3, 0.4) is 0 Å². The van der Waals surface area contributed by atoms with Gasteiger partial charge in [-0.2, -0.15) is 0 Å². The first-order valence-corrected chi connectivity index (χ1v) is 14.1. The summed E-state index contributed by atoms with van der Waals surface area (Å²) in [5.41, 5.74) is 3.23. The average Bonchev–Trinajstić information content (AvgIpc) is 3.50. The van der Waals surface area contributed by atoms with E-state index in [4.69, 9.17) is 14.5 Å². The number of amides is 1. The second-order valence-corrected chi connectivity index (χ2v) is 10.8. The summed E-state index contributed by atoms with van der Waals surface area (Å²) in [5, 5.41) is 6.12. The maximum absolute atomic E-state index is 13.8. The zero-order valence-corrected chi connectivity index (χ0v) is 23.9. The fraction of sp³-hybridized carbons (Fsp3) is 0.212. The van der Waals surface area contributed by atoms with Crippen LogP contribution in [-0.2, 0) is 27.4 Å². The molecule has 0 spiro atoms. The lowest BCUT2D eigenvalue weighted by Crippen LogP contribution is -2.48. The molecule has 3 N–H and O–H groups in total. The Morgan fingerprint density at radius 2 is 1.55 bits per heavy atom. The summed E-state index contributed by atoms with van der Waals surface area (Å²) in [4.78, 5) is 30.0. The number of carbonyl (C=O) groups excluding carboxylic acids is 1. The van der Waals surface area contributed by atoms with Gasteiger partial charge >= 0.3 is 0 Å². The number of halogens is 2. The van der Waals surface area contributed by atoms with Crippen molar-refractivity contribution < 1.29 is 23.0 Å². The molecule has 6 rings (SSSR count). The highest BCUT2D eigenvalue weighted by molar-refractivity contribution is 5.82. The molecule has 3 aromatic carbocycles. The van der Waals surface area contributed by atoms with Crippen molar-refractivity contribution >= 4 is 11.9 Å². The number of anilines is 1. The van der Waals surface area contributed by atoms with E-state index in [9.17, 15) is 13.6 Å². The standard InChI is InChI=1S/C33H30F2N6O3/c1-33(31(42)37-17-21-5-3-2-4-6-21)19-43-30(44-20-33)29-40-27(23-9-13-25(35)14-10-23)28(41-29)26-15-16-36-32(39-26)38-18-22-7-11-24(34)12-8-22/h2-16,30H,17-20H2,1H3,(H,37,42)(H,40,41)(H,36,38,39). The number of ether oxygens (including phenoxy) is 2. The predicted octanol–water partition coefficient (Wildman–Crippen LogP) is 5.79. The van der Waals surface area contributed by atoms with Crippen LogP contribution in [0.5, 0.6) is 0 Å². The third-order valence-corrected chi connectivity index (χ3v) is 7.29. The number of rotatable bonds is 9. The number of benzene rings is 3. The first-order valence-electron chi connectivity index (χ1n) is 14.1. The van der Waals surface area contributed by atoms with Crippen molar-refractivity contribution in [3.63, 3.8) is 0 Å². The number of hydrogen-bond acceptors (Lipinski definition) is 7. The molecule has 0 atom stereocenters. The number of hydrogen-bond donors (Lipinski definition) is 3. The SMILES string of the molecule is CC1(C(=O)NCc2ccccc2)COC(c2nc(-c3ccc(F)cc3)c(-c3ccnc(NCc4ccc(F)cc4)n3)[nH]2)OC1. The van der Waals surface area contributed by atoms with Crippen molar-refractivity contribution in [2.75, 3.05) is 18.5 Å². The summed E-state index contributed by atoms with van der Waals surface area (Å²) in [7, 11) is 0. The van der Waals surface area contributed by atoms with Gasteiger partial charge in [0.25, 0.3) is 0 Å². The van der Waals surface area contributed by atoms with Gasteiger partial charge in [0.05, 0.1) is 35.7 Å². The van der Waals surface area contributed by atoms with Crippen LogP contribution in [0.15, 0.2) is 91.1 Å². The second kappa shape index (κ2) is 12.7. The highest BCUT2D eigenvalue weighted by Crippen LogP contribution is 2.35. The van der Waals surface area contributed by atoms with Gasteiger partial charge in [0.2, 0.25) is 18.1 Å². The Kier molecular flexibility index (Phi) is 8.40. The summed E-state index contributed by atoms with van der Waals surface area (Å²) < 4.78 is 39.1. The van der Waals surface area contributed by atoms with Gasteiger partial charge in [0.15, 0.2) is 5.82 Å². The van der Waals surface area contributed by atoms with E-state index in [0.29, 0.717) is 47.5 Å². The van der Waals surface area contributed by atoms with E-state index in [1.807, 2.05) is 30.3 Å². The van der Waals surface area contributed by atoms with Crippen molar-refractivity contribution in [3.8, 4) is 22.6 Å². The maximum Gasteiger partial charge on any atom is 0.230 e. The van der Waals surface area contributed by atoms with Crippen molar-refractivity contribution in [2.45, 2.75) is 26.3 Å². The first-order chi connectivity index (χ1) is 21.4. The zero-order valence-electron chi connectivity index (χ0n) is 23.9. The molecule has 1 aliphatic rings. The van der Waals surface area contributed by atoms with E-state index < -0.39 is 11.7 Å². The van der Waals surface area contributed by atoms with E-state index in [2.05, 4.69) is 25.6 Å². The molecule has 0 saturated carbocycles. The highest BCUT2D eigenvalue weighted by atomic mass is 19.1. The van der Waals surface area contributed by atoms with Crippen molar-refractivity contribution in [1.82, 2.24) is 25.3 Å². The molecule has 224 valence electrons. The molecule has 1 saturated heterocycles. The van der Waals surface area contributed by atoms with Crippen LogP contribution < -0.4 is 10.6 Å². The van der Waals surface area contributed by atoms with Gasteiger partial charge in [-0.05, 0) is 60.5 Å². The number of H-pyrrole nitrogens is 1. The fourth-order valence-corrected chi connectivity index (χ4v) is 4.76. The van der Waals surface area contributed by atoms with Crippen LogP contribution in [0.4, 0.5) is 14.7 Å². The molecule has 1 fully saturated rings. The third kappa shape index (κ3) is 6.64. The molecule has 11 heteroatoms. The number of nitrogens with zero attached hydrogens (tertiary/aromatic N) is 3. The van der Waals surface area contributed by atoms with Gasteiger partial charge in [-0.15, -0.1) is 0 Å². The molecule has 5 aromatic rings. The minimum absolute atomic E-state index is 0.116. The molecule has 0 aliphatic carbocycles. The summed E-state index contributed by atoms with van der Waals surface area (Å²) in [6, 6.07) is 23.5. The molecule has 44 heavy (non-hydrogen) atoms. The Labute approximate surface area is 252 Å². The number of aromatic amines is 1. The summed E-state index contributed by atoms with van der Waals surface area (Å²) in [6.45, 7) is 2.82. The number of aromatic nitrogens is 4. The molecule has 0 bridgehead atoms. The van der Waals surface area contributed by atoms with E-state index in [1.54, 1.807) is 43.5 Å². The molecule has 0 radical (unpaired) electrons. The van der Waals surface area contributed by atoms with Gasteiger partial charge < -0.3 is 25.1 Å². The number of nitrogens with one attached hydrogen (secondary N) is 3. The minimum Gasteiger partial charge on any atom is -0.351 e. The summed E-state index contributed by atoms with van der Waals surface area (Å²) in [6.07, 6.45) is 0.744. The van der Waals surface area contributed by atoms with Gasteiger partial charge in [-0.25, -0.2) is 23.7 Å². The largest absolute Gasteiger partial charge is 0.351 e. The topological polar surface area (TPSA) is 114 Å². The maximum atomic E-state index is 13.8. The smallest absolute Gasteiger partial charge is 0.230 e. The molecular weight excluding hydrogens is 566 g/mol. The first kappa shape index (κ1) is 29.1. The number of carbonyl (C=O) groups is 1. The fourth-order valence-electron chi connectivity index (χ4n) is 4.76. The molecule has 1 amide bonds. The molecular formula is C33H30F2N6O3. The Balaban J connectivity index is 1.20. The van der Waals surface area contributed by atoms with Crippen molar-refractivity contribution in [3.05, 3.63) is 120 Å². The third-order valence-electron chi connectivity index (χ3n) is 7.29. The Morgan fingerprint density at radius 3 is 2.25 bits per heavy atom. The van der Waals surface area contributed by atoms with Crippen LogP contribution in [0.1, 0.15) is 30.2 Å². The lowest BCUT2D eigenvalue weighted by atomic mass is 9.91. The molecule has 9 nitrogen and oxygen atoms in total. The lowest BCUT2D eigenvalue weighted by molar-refractivity contribution is -0.231. The number of imidazole rings is 1. The van der Waals surface area contributed by atoms with E-state index in [-0.39, 0.29) is 30.8 Å². The van der Waals surface area contributed by atoms with Gasteiger partial charge in [-0.3, -0.25) is 4.79 Å². The quantitative estimate of drug-likeness (QED) is 0.197. The second-order valence-electron chi connectivity index (χ2n) is 10.8. The normalized spacial score (nSPS) is 18.1. The molecule has 3 heterocycles. The summed E-state index contributed by atoms with van der Waals surface area (Å²) in [5.74, 6) is -0.115. The van der Waals surface area contributed by atoms with Crippen molar-refractivity contribution in [2.24, 2.45) is 5.41 Å². The van der Waals surface area contributed by atoms with Crippen molar-refractivity contribution in [1.29, 1.82) is 0 Å². The Hall–Kier alpha value is -5.00. The van der Waals surface area contributed by atoms with E-state index in [0.717, 1.165) is 11.1 Å². The van der Waals surface area contributed by atoms with Gasteiger partial charge in [0.1, 0.15) is 11.6 Å². The minimum atomic E-state index is -0.891. The van der Waals surface area contributed by atoms with Crippen LogP contribution in [0.2, 0.25) is 0 Å². The summed E-state index contributed by atoms with van der Waals surface area (Å²) >= 11 is 0. The molecule has 1 aliphatic heterocycles. The van der Waals surface area contributed by atoms with Gasteiger partial charge in [0, 0.05) is 24.8 Å². The zero-order chi connectivity index (χ0) is 30.5. The Bertz CT molecular complexity index is 1720. The van der Waals surface area contributed by atoms with E-state index >= 15 is 0 Å². The molecule has 2 aromatic heterocycles. The molecule has 0 unspecified atom stereocenters. The average molecular weight is 597 g/mol. The van der Waals surface area contributed by atoms with Crippen LogP contribution >= 0.6 is 0 Å². The van der Waals surface area contributed by atoms with Crippen LogP contribution in [-0.4, -0.2) is 39.1 Å². The van der Waals surface area contributed by atoms with Crippen LogP contribution in [0, 0.1) is 17.0 Å².